The third-order valence-corrected chi connectivity index (χ3v) is 4.36. The maximum atomic E-state index is 13.3. The van der Waals surface area contributed by atoms with E-state index >= 15 is 0 Å². The second-order valence-electron chi connectivity index (χ2n) is 9.22. The van der Waals surface area contributed by atoms with Crippen molar-refractivity contribution in [3.05, 3.63) is 0 Å². The highest BCUT2D eigenvalue weighted by Crippen LogP contribution is 2.48. The first kappa shape index (κ1) is 19.5. The fourth-order valence-electron chi connectivity index (χ4n) is 3.07. The Bertz CT molecular complexity index is 322. The summed E-state index contributed by atoms with van der Waals surface area (Å²) in [6.45, 7) is 23.8. The summed E-state index contributed by atoms with van der Waals surface area (Å²) in [7, 11) is 0. The quantitative estimate of drug-likeness (QED) is 0.701. The minimum Gasteiger partial charge on any atom is -0.337 e. The summed E-state index contributed by atoms with van der Waals surface area (Å²) in [5, 5.41) is 0. The molecule has 1 atom stereocenters. The van der Waals surface area contributed by atoms with Crippen molar-refractivity contribution in [1.29, 1.82) is 0 Å². The van der Waals surface area contributed by atoms with E-state index < -0.39 is 0 Å². The van der Waals surface area contributed by atoms with E-state index in [2.05, 4.69) is 81.1 Å². The number of carbonyl (C=O) groups is 1. The molecule has 0 rings (SSSR count). The standard InChI is InChI=1S/C18H37NO/c1-13(2)19(14(3)4)15(20)18(11,17(8,9)10)12-16(5,6)7/h13-14H,12H2,1-11H3. The molecular formula is C18H37NO. The van der Waals surface area contributed by atoms with Gasteiger partial charge in [0.25, 0.3) is 0 Å². The average Bonchev–Trinajstić information content (AvgIpc) is 2.11. The van der Waals surface area contributed by atoms with E-state index in [1.165, 1.54) is 0 Å². The highest BCUT2D eigenvalue weighted by atomic mass is 16.2. The topological polar surface area (TPSA) is 20.3 Å². The van der Waals surface area contributed by atoms with Gasteiger partial charge < -0.3 is 4.90 Å². The molecule has 2 heteroatoms. The van der Waals surface area contributed by atoms with Crippen LogP contribution in [0.5, 0.6) is 0 Å². The van der Waals surface area contributed by atoms with E-state index in [0.29, 0.717) is 5.91 Å². The predicted octanol–water partition coefficient (Wildman–Crippen LogP) is 5.12. The molecule has 0 aliphatic rings. The van der Waals surface area contributed by atoms with Gasteiger partial charge in [-0.2, -0.15) is 0 Å². The first-order valence-electron chi connectivity index (χ1n) is 7.96. The van der Waals surface area contributed by atoms with Crippen LogP contribution in [0.2, 0.25) is 0 Å². The number of rotatable bonds is 4. The van der Waals surface area contributed by atoms with Crippen LogP contribution < -0.4 is 0 Å². The van der Waals surface area contributed by atoms with E-state index in [9.17, 15) is 4.79 Å². The summed E-state index contributed by atoms with van der Waals surface area (Å²) >= 11 is 0. The van der Waals surface area contributed by atoms with Crippen molar-refractivity contribution in [3.63, 3.8) is 0 Å². The lowest BCUT2D eigenvalue weighted by molar-refractivity contribution is -0.154. The van der Waals surface area contributed by atoms with Crippen LogP contribution >= 0.6 is 0 Å². The number of hydrogen-bond acceptors (Lipinski definition) is 1. The van der Waals surface area contributed by atoms with Crippen LogP contribution in [0.4, 0.5) is 0 Å². The van der Waals surface area contributed by atoms with Crippen molar-refractivity contribution in [1.82, 2.24) is 4.90 Å². The Kier molecular flexibility index (Phi) is 5.91. The van der Waals surface area contributed by atoms with Gasteiger partial charge in [0.15, 0.2) is 0 Å². The first-order chi connectivity index (χ1) is 8.63. The zero-order chi connectivity index (χ0) is 16.5. The van der Waals surface area contributed by atoms with Gasteiger partial charge in [-0.15, -0.1) is 0 Å². The Hall–Kier alpha value is -0.530. The van der Waals surface area contributed by atoms with E-state index in [0.717, 1.165) is 6.42 Å². The minimum atomic E-state index is -0.347. The van der Waals surface area contributed by atoms with Gasteiger partial charge in [-0.25, -0.2) is 0 Å². The molecule has 0 fully saturated rings. The van der Waals surface area contributed by atoms with Crippen molar-refractivity contribution >= 4 is 5.91 Å². The van der Waals surface area contributed by atoms with E-state index in [4.69, 9.17) is 0 Å². The molecule has 1 unspecified atom stereocenters. The molecule has 0 heterocycles. The van der Waals surface area contributed by atoms with Gasteiger partial charge in [-0.05, 0) is 44.9 Å². The maximum absolute atomic E-state index is 13.3. The van der Waals surface area contributed by atoms with Crippen LogP contribution in [0.25, 0.3) is 0 Å². The van der Waals surface area contributed by atoms with Crippen LogP contribution in [0, 0.1) is 16.2 Å². The van der Waals surface area contributed by atoms with Gasteiger partial charge in [0.2, 0.25) is 5.91 Å². The van der Waals surface area contributed by atoms with Gasteiger partial charge in [0, 0.05) is 12.1 Å². The summed E-state index contributed by atoms with van der Waals surface area (Å²) < 4.78 is 0. The number of carbonyl (C=O) groups excluding carboxylic acids is 1. The number of hydrogen-bond donors (Lipinski definition) is 0. The largest absolute Gasteiger partial charge is 0.337 e. The lowest BCUT2D eigenvalue weighted by atomic mass is 9.60. The Balaban J connectivity index is 5.72. The predicted molar refractivity (Wildman–Crippen MR) is 88.8 cm³/mol. The van der Waals surface area contributed by atoms with E-state index in [1.807, 2.05) is 0 Å². The molecule has 0 aliphatic carbocycles. The summed E-state index contributed by atoms with van der Waals surface area (Å²) in [5.41, 5.74) is -0.267. The van der Waals surface area contributed by atoms with Crippen LogP contribution in [0.15, 0.2) is 0 Å². The monoisotopic (exact) mass is 283 g/mol. The molecule has 2 nitrogen and oxygen atoms in total. The van der Waals surface area contributed by atoms with Crippen molar-refractivity contribution in [2.75, 3.05) is 0 Å². The molecule has 0 aromatic carbocycles. The summed E-state index contributed by atoms with van der Waals surface area (Å²) in [6, 6.07) is 0.480. The molecule has 0 bridgehead atoms. The molecule has 0 aliphatic heterocycles. The summed E-state index contributed by atoms with van der Waals surface area (Å²) in [6.07, 6.45) is 0.901. The third kappa shape index (κ3) is 4.49. The second-order valence-corrected chi connectivity index (χ2v) is 9.22. The molecule has 1 amide bonds. The molecule has 0 aromatic heterocycles. The summed E-state index contributed by atoms with van der Waals surface area (Å²) in [4.78, 5) is 15.4. The maximum Gasteiger partial charge on any atom is 0.229 e. The van der Waals surface area contributed by atoms with Crippen LogP contribution in [-0.2, 0) is 4.79 Å². The lowest BCUT2D eigenvalue weighted by Crippen LogP contribution is -2.54. The summed E-state index contributed by atoms with van der Waals surface area (Å²) in [5.74, 6) is 0.296. The fraction of sp³-hybridized carbons (Fsp3) is 0.944. The van der Waals surface area contributed by atoms with Gasteiger partial charge in [-0.3, -0.25) is 4.79 Å². The number of amides is 1. The zero-order valence-electron chi connectivity index (χ0n) is 15.7. The first-order valence-corrected chi connectivity index (χ1v) is 7.96. The highest BCUT2D eigenvalue weighted by molar-refractivity contribution is 5.83. The van der Waals surface area contributed by atoms with E-state index in [-0.39, 0.29) is 28.3 Å². The molecule has 0 saturated heterocycles. The lowest BCUT2D eigenvalue weighted by Gasteiger charge is -2.48. The highest BCUT2D eigenvalue weighted by Gasteiger charge is 2.48. The molecule has 0 radical (unpaired) electrons. The van der Waals surface area contributed by atoms with Gasteiger partial charge in [0.1, 0.15) is 0 Å². The molecule has 0 saturated carbocycles. The Morgan fingerprint density at radius 1 is 0.850 bits per heavy atom. The van der Waals surface area contributed by atoms with Crippen molar-refractivity contribution in [2.45, 2.75) is 94.7 Å². The van der Waals surface area contributed by atoms with Crippen molar-refractivity contribution in [3.8, 4) is 0 Å². The zero-order valence-corrected chi connectivity index (χ0v) is 15.7. The van der Waals surface area contributed by atoms with Crippen molar-refractivity contribution in [2.24, 2.45) is 16.2 Å². The molecular weight excluding hydrogens is 246 g/mol. The van der Waals surface area contributed by atoms with Gasteiger partial charge in [0.05, 0.1) is 5.41 Å². The Labute approximate surface area is 127 Å². The normalized spacial score (nSPS) is 16.4. The smallest absolute Gasteiger partial charge is 0.229 e. The fourth-order valence-corrected chi connectivity index (χ4v) is 3.07. The Morgan fingerprint density at radius 3 is 1.40 bits per heavy atom. The Morgan fingerprint density at radius 2 is 1.20 bits per heavy atom. The van der Waals surface area contributed by atoms with Crippen LogP contribution in [0.1, 0.15) is 82.6 Å². The SMILES string of the molecule is CC(C)N(C(=O)C(C)(CC(C)(C)C)C(C)(C)C)C(C)C. The van der Waals surface area contributed by atoms with E-state index in [1.54, 1.807) is 0 Å². The molecule has 0 aromatic rings. The van der Waals surface area contributed by atoms with Crippen LogP contribution in [0.3, 0.4) is 0 Å². The van der Waals surface area contributed by atoms with Crippen LogP contribution in [-0.4, -0.2) is 22.9 Å². The van der Waals surface area contributed by atoms with Gasteiger partial charge in [-0.1, -0.05) is 48.5 Å². The minimum absolute atomic E-state index is 0.0562. The molecule has 0 N–H and O–H groups in total. The average molecular weight is 284 g/mol. The molecule has 0 spiro atoms. The molecule has 20 heavy (non-hydrogen) atoms. The third-order valence-electron chi connectivity index (χ3n) is 4.36. The van der Waals surface area contributed by atoms with Gasteiger partial charge >= 0.3 is 0 Å². The molecule has 120 valence electrons. The van der Waals surface area contributed by atoms with Crippen molar-refractivity contribution < 1.29 is 4.79 Å². The second kappa shape index (κ2) is 6.07. The number of nitrogens with zero attached hydrogens (tertiary/aromatic N) is 1.